The van der Waals surface area contributed by atoms with Gasteiger partial charge in [0.15, 0.2) is 12.4 Å². The van der Waals surface area contributed by atoms with Crippen molar-refractivity contribution in [2.24, 2.45) is 0 Å². The van der Waals surface area contributed by atoms with Crippen molar-refractivity contribution in [1.82, 2.24) is 10.2 Å². The Bertz CT molecular complexity index is 1110. The summed E-state index contributed by atoms with van der Waals surface area (Å²) in [7, 11) is 0. The number of aromatic nitrogens is 2. The standard InChI is InChI=1S/C21H15FN2O3S/c22-16-10-8-15(9-11-16)18(25)13-28-21-24-23-20(27-21)12-26-19-7-3-5-14-4-1-2-6-17(14)19/h1-11H,12-13H2. The number of halogens is 1. The Labute approximate surface area is 164 Å². The van der Waals surface area contributed by atoms with E-state index in [1.54, 1.807) is 0 Å². The SMILES string of the molecule is O=C(CSc1nnc(COc2cccc3ccccc23)o1)c1ccc(F)cc1. The van der Waals surface area contributed by atoms with Gasteiger partial charge in [-0.25, -0.2) is 4.39 Å². The summed E-state index contributed by atoms with van der Waals surface area (Å²) in [6.07, 6.45) is 0. The van der Waals surface area contributed by atoms with Crippen LogP contribution in [-0.2, 0) is 6.61 Å². The summed E-state index contributed by atoms with van der Waals surface area (Å²) in [5.41, 5.74) is 0.438. The lowest BCUT2D eigenvalue weighted by Gasteiger charge is -2.07. The number of rotatable bonds is 7. The molecule has 4 rings (SSSR count). The molecule has 1 heterocycles. The van der Waals surface area contributed by atoms with Gasteiger partial charge in [-0.2, -0.15) is 0 Å². The van der Waals surface area contributed by atoms with E-state index in [4.69, 9.17) is 9.15 Å². The van der Waals surface area contributed by atoms with Gasteiger partial charge in [-0.05, 0) is 35.7 Å². The lowest BCUT2D eigenvalue weighted by Crippen LogP contribution is -2.02. The summed E-state index contributed by atoms with van der Waals surface area (Å²) in [5.74, 6) is 0.660. The third kappa shape index (κ3) is 4.20. The van der Waals surface area contributed by atoms with Crippen LogP contribution in [0.5, 0.6) is 5.75 Å². The fraction of sp³-hybridized carbons (Fsp3) is 0.0952. The van der Waals surface area contributed by atoms with E-state index in [0.29, 0.717) is 11.5 Å². The number of ketones is 1. The third-order valence-corrected chi connectivity index (χ3v) is 4.86. The molecule has 0 aliphatic carbocycles. The van der Waals surface area contributed by atoms with E-state index in [-0.39, 0.29) is 29.2 Å². The Hall–Kier alpha value is -3.19. The summed E-state index contributed by atoms with van der Waals surface area (Å²) < 4.78 is 24.3. The highest BCUT2D eigenvalue weighted by Crippen LogP contribution is 2.26. The van der Waals surface area contributed by atoms with E-state index >= 15 is 0 Å². The number of benzene rings is 3. The maximum absolute atomic E-state index is 12.9. The second-order valence-electron chi connectivity index (χ2n) is 5.95. The molecule has 4 aromatic rings. The van der Waals surface area contributed by atoms with E-state index in [2.05, 4.69) is 10.2 Å². The highest BCUT2D eigenvalue weighted by molar-refractivity contribution is 7.99. The van der Waals surface area contributed by atoms with Crippen LogP contribution in [0.4, 0.5) is 4.39 Å². The highest BCUT2D eigenvalue weighted by atomic mass is 32.2. The number of nitrogens with zero attached hydrogens (tertiary/aromatic N) is 2. The number of ether oxygens (including phenoxy) is 1. The van der Waals surface area contributed by atoms with Gasteiger partial charge in [0, 0.05) is 10.9 Å². The molecule has 0 amide bonds. The summed E-state index contributed by atoms with van der Waals surface area (Å²) in [6, 6.07) is 19.2. The van der Waals surface area contributed by atoms with Crippen molar-refractivity contribution in [2.45, 2.75) is 11.8 Å². The van der Waals surface area contributed by atoms with Gasteiger partial charge in [-0.15, -0.1) is 10.2 Å². The zero-order valence-electron chi connectivity index (χ0n) is 14.7. The number of hydrogen-bond donors (Lipinski definition) is 0. The summed E-state index contributed by atoms with van der Waals surface area (Å²) in [4.78, 5) is 12.1. The normalized spacial score (nSPS) is 10.9. The van der Waals surface area contributed by atoms with Gasteiger partial charge in [0.05, 0.1) is 5.75 Å². The molecule has 0 fully saturated rings. The Balaban J connectivity index is 1.35. The first-order chi connectivity index (χ1) is 13.7. The van der Waals surface area contributed by atoms with Gasteiger partial charge in [0.1, 0.15) is 11.6 Å². The monoisotopic (exact) mass is 394 g/mol. The summed E-state index contributed by atoms with van der Waals surface area (Å²) in [5, 5.41) is 10.2. The number of Topliss-reactive ketones (excluding diaryl/α,β-unsaturated/α-hetero) is 1. The van der Waals surface area contributed by atoms with Crippen LogP contribution in [0.3, 0.4) is 0 Å². The van der Waals surface area contributed by atoms with Crippen molar-refractivity contribution in [3.05, 3.63) is 84.0 Å². The molecule has 0 radical (unpaired) electrons. The molecular weight excluding hydrogens is 379 g/mol. The number of hydrogen-bond acceptors (Lipinski definition) is 6. The molecule has 0 unspecified atom stereocenters. The van der Waals surface area contributed by atoms with Gasteiger partial charge >= 0.3 is 0 Å². The van der Waals surface area contributed by atoms with Crippen molar-refractivity contribution in [1.29, 1.82) is 0 Å². The first kappa shape index (κ1) is 18.2. The van der Waals surface area contributed by atoms with Crippen molar-refractivity contribution in [2.75, 3.05) is 5.75 Å². The highest BCUT2D eigenvalue weighted by Gasteiger charge is 2.12. The predicted octanol–water partition coefficient (Wildman–Crippen LogP) is 4.92. The van der Waals surface area contributed by atoms with E-state index in [1.165, 1.54) is 24.3 Å². The minimum absolute atomic E-state index is 0.122. The lowest BCUT2D eigenvalue weighted by molar-refractivity contribution is 0.102. The Morgan fingerprint density at radius 3 is 2.64 bits per heavy atom. The zero-order valence-corrected chi connectivity index (χ0v) is 15.5. The first-order valence-corrected chi connectivity index (χ1v) is 9.52. The minimum Gasteiger partial charge on any atom is -0.483 e. The van der Waals surface area contributed by atoms with Crippen molar-refractivity contribution < 1.29 is 18.3 Å². The van der Waals surface area contributed by atoms with Crippen LogP contribution < -0.4 is 4.74 Å². The van der Waals surface area contributed by atoms with Crippen LogP contribution in [0.2, 0.25) is 0 Å². The van der Waals surface area contributed by atoms with Crippen LogP contribution in [0, 0.1) is 5.82 Å². The molecule has 5 nitrogen and oxygen atoms in total. The second kappa shape index (κ2) is 8.22. The average molecular weight is 394 g/mol. The molecule has 0 saturated carbocycles. The van der Waals surface area contributed by atoms with E-state index in [9.17, 15) is 9.18 Å². The molecule has 0 spiro atoms. The molecule has 3 aromatic carbocycles. The van der Waals surface area contributed by atoms with Gasteiger partial charge in [0.2, 0.25) is 0 Å². The predicted molar refractivity (Wildman–Crippen MR) is 104 cm³/mol. The minimum atomic E-state index is -0.378. The zero-order chi connectivity index (χ0) is 19.3. The van der Waals surface area contributed by atoms with Crippen molar-refractivity contribution in [3.63, 3.8) is 0 Å². The number of fused-ring (bicyclic) bond motifs is 1. The van der Waals surface area contributed by atoms with Gasteiger partial charge in [-0.3, -0.25) is 4.79 Å². The van der Waals surface area contributed by atoms with E-state index < -0.39 is 0 Å². The molecule has 0 aliphatic heterocycles. The summed E-state index contributed by atoms with van der Waals surface area (Å²) >= 11 is 1.13. The van der Waals surface area contributed by atoms with Gasteiger partial charge < -0.3 is 9.15 Å². The van der Waals surface area contributed by atoms with Crippen LogP contribution in [0.1, 0.15) is 16.2 Å². The van der Waals surface area contributed by atoms with E-state index in [0.717, 1.165) is 28.3 Å². The number of carbonyl (C=O) groups is 1. The Morgan fingerprint density at radius 1 is 1.00 bits per heavy atom. The second-order valence-corrected chi connectivity index (χ2v) is 6.87. The molecule has 0 saturated heterocycles. The van der Waals surface area contributed by atoms with Gasteiger partial charge in [0.25, 0.3) is 11.1 Å². The molecule has 0 bridgehead atoms. The maximum Gasteiger partial charge on any atom is 0.277 e. The van der Waals surface area contributed by atoms with Crippen LogP contribution >= 0.6 is 11.8 Å². The largest absolute Gasteiger partial charge is 0.483 e. The van der Waals surface area contributed by atoms with Crippen LogP contribution in [0.25, 0.3) is 10.8 Å². The van der Waals surface area contributed by atoms with Crippen LogP contribution in [0.15, 0.2) is 76.4 Å². The topological polar surface area (TPSA) is 65.2 Å². The van der Waals surface area contributed by atoms with Crippen LogP contribution in [-0.4, -0.2) is 21.7 Å². The van der Waals surface area contributed by atoms with E-state index in [1.807, 2.05) is 42.5 Å². The first-order valence-electron chi connectivity index (χ1n) is 8.53. The summed E-state index contributed by atoms with van der Waals surface area (Å²) in [6.45, 7) is 0.132. The van der Waals surface area contributed by atoms with Crippen molar-refractivity contribution >= 4 is 28.3 Å². The average Bonchev–Trinajstić information content (AvgIpc) is 3.19. The smallest absolute Gasteiger partial charge is 0.277 e. The fourth-order valence-electron chi connectivity index (χ4n) is 2.66. The molecule has 0 N–H and O–H groups in total. The molecule has 28 heavy (non-hydrogen) atoms. The fourth-order valence-corrected chi connectivity index (χ4v) is 3.34. The molecule has 140 valence electrons. The quantitative estimate of drug-likeness (QED) is 0.328. The lowest BCUT2D eigenvalue weighted by atomic mass is 10.1. The molecule has 1 aromatic heterocycles. The molecule has 0 aliphatic rings. The molecule has 7 heteroatoms. The molecule has 0 atom stereocenters. The number of thioether (sulfide) groups is 1. The van der Waals surface area contributed by atoms with Gasteiger partial charge in [-0.1, -0.05) is 48.2 Å². The Morgan fingerprint density at radius 2 is 1.79 bits per heavy atom. The maximum atomic E-state index is 12.9. The van der Waals surface area contributed by atoms with Crippen molar-refractivity contribution in [3.8, 4) is 5.75 Å². The molecular formula is C21H15FN2O3S. The third-order valence-electron chi connectivity index (χ3n) is 4.04. The Kier molecular flexibility index (Phi) is 5.34. The number of carbonyl (C=O) groups excluding carboxylic acids is 1.